The topological polar surface area (TPSA) is 76.5 Å². The van der Waals surface area contributed by atoms with E-state index < -0.39 is 24.1 Å². The average Bonchev–Trinajstić information content (AvgIpc) is 3.65. The molecule has 3 heterocycles. The van der Waals surface area contributed by atoms with Gasteiger partial charge in [0.25, 0.3) is 0 Å². The summed E-state index contributed by atoms with van der Waals surface area (Å²) >= 11 is 7.66. The van der Waals surface area contributed by atoms with Crippen molar-refractivity contribution in [2.75, 3.05) is 4.90 Å². The fraction of sp³-hybridized carbons (Fsp3) is 0.167. The lowest BCUT2D eigenvalue weighted by atomic mass is 9.99. The predicted molar refractivity (Wildman–Crippen MR) is 153 cm³/mol. The SMILES string of the molecule is CC1C(=O)N(c2ccc3c(cnn3-c3ccc(F)cc3)c2)C(c2ccc(Cl)s2)C1NC(=O)OCc1ccccc1. The van der Waals surface area contributed by atoms with Gasteiger partial charge in [-0.1, -0.05) is 48.9 Å². The Kier molecular flexibility index (Phi) is 7.00. The van der Waals surface area contributed by atoms with Crippen LogP contribution in [0, 0.1) is 11.7 Å². The highest BCUT2D eigenvalue weighted by Crippen LogP contribution is 2.44. The maximum Gasteiger partial charge on any atom is 0.407 e. The predicted octanol–water partition coefficient (Wildman–Crippen LogP) is 6.90. The molecule has 7 nitrogen and oxygen atoms in total. The molecule has 0 radical (unpaired) electrons. The van der Waals surface area contributed by atoms with E-state index in [1.807, 2.05) is 54.6 Å². The lowest BCUT2D eigenvalue weighted by molar-refractivity contribution is -0.120. The fourth-order valence-corrected chi connectivity index (χ4v) is 6.29. The molecule has 10 heteroatoms. The molecular formula is C30H24ClFN4O3S. The van der Waals surface area contributed by atoms with Gasteiger partial charge in [-0.05, 0) is 60.2 Å². The fourth-order valence-electron chi connectivity index (χ4n) is 5.09. The van der Waals surface area contributed by atoms with Crippen LogP contribution in [-0.4, -0.2) is 27.8 Å². The summed E-state index contributed by atoms with van der Waals surface area (Å²) in [6, 6.07) is 23.7. The Bertz CT molecular complexity index is 1690. The number of thiophene rings is 1. The molecule has 202 valence electrons. The average molecular weight is 575 g/mol. The Balaban J connectivity index is 1.31. The van der Waals surface area contributed by atoms with Crippen molar-refractivity contribution in [2.45, 2.75) is 25.6 Å². The van der Waals surface area contributed by atoms with Gasteiger partial charge in [0, 0.05) is 16.0 Å². The second kappa shape index (κ2) is 10.7. The number of benzene rings is 3. The number of anilines is 1. The minimum atomic E-state index is -0.598. The molecule has 0 aliphatic carbocycles. The first-order chi connectivity index (χ1) is 19.4. The highest BCUT2D eigenvalue weighted by atomic mass is 35.5. The summed E-state index contributed by atoms with van der Waals surface area (Å²) in [5, 5.41) is 8.24. The molecule has 1 fully saturated rings. The standard InChI is InChI=1S/C30H24ClFN4O3S/c1-18-27(34-30(38)39-17-19-5-3-2-4-6-19)28(25-13-14-26(31)40-25)35(29(18)37)23-11-12-24-20(15-23)16-33-36(24)22-9-7-21(32)8-10-22/h2-16,18,27-28H,17H2,1H3,(H,34,38). The molecule has 3 unspecified atom stereocenters. The minimum Gasteiger partial charge on any atom is -0.445 e. The van der Waals surface area contributed by atoms with Gasteiger partial charge in [-0.3, -0.25) is 4.79 Å². The number of aromatic nitrogens is 2. The first-order valence-electron chi connectivity index (χ1n) is 12.7. The van der Waals surface area contributed by atoms with Crippen molar-refractivity contribution >= 4 is 51.5 Å². The zero-order valence-electron chi connectivity index (χ0n) is 21.3. The van der Waals surface area contributed by atoms with Crippen LogP contribution in [0.4, 0.5) is 14.9 Å². The molecule has 1 aliphatic rings. The zero-order chi connectivity index (χ0) is 27.8. The molecule has 0 bridgehead atoms. The Morgan fingerprint density at radius 3 is 2.52 bits per heavy atom. The molecule has 6 rings (SSSR count). The highest BCUT2D eigenvalue weighted by molar-refractivity contribution is 7.16. The van der Waals surface area contributed by atoms with E-state index >= 15 is 0 Å². The van der Waals surface area contributed by atoms with Gasteiger partial charge in [0.15, 0.2) is 0 Å². The van der Waals surface area contributed by atoms with Crippen molar-refractivity contribution in [1.82, 2.24) is 15.1 Å². The molecular weight excluding hydrogens is 551 g/mol. The molecule has 40 heavy (non-hydrogen) atoms. The zero-order valence-corrected chi connectivity index (χ0v) is 22.9. The van der Waals surface area contributed by atoms with Crippen molar-refractivity contribution < 1.29 is 18.7 Å². The third kappa shape index (κ3) is 4.94. The summed E-state index contributed by atoms with van der Waals surface area (Å²) in [4.78, 5) is 29.1. The number of hydrogen-bond acceptors (Lipinski definition) is 5. The van der Waals surface area contributed by atoms with Crippen molar-refractivity contribution in [3.8, 4) is 5.69 Å². The lowest BCUT2D eigenvalue weighted by Gasteiger charge is -2.28. The maximum atomic E-state index is 13.7. The number of halogens is 2. The van der Waals surface area contributed by atoms with Gasteiger partial charge in [-0.15, -0.1) is 11.3 Å². The maximum absolute atomic E-state index is 13.7. The van der Waals surface area contributed by atoms with Gasteiger partial charge >= 0.3 is 6.09 Å². The number of alkyl carbamates (subject to hydrolysis) is 1. The van der Waals surface area contributed by atoms with Gasteiger partial charge in [-0.2, -0.15) is 5.10 Å². The van der Waals surface area contributed by atoms with Crippen molar-refractivity contribution in [3.05, 3.63) is 112 Å². The van der Waals surface area contributed by atoms with Crippen molar-refractivity contribution in [1.29, 1.82) is 0 Å². The number of rotatable bonds is 6. The Morgan fingerprint density at radius 1 is 1.05 bits per heavy atom. The Hall–Kier alpha value is -4.21. The highest BCUT2D eigenvalue weighted by Gasteiger charge is 2.48. The summed E-state index contributed by atoms with van der Waals surface area (Å²) < 4.78 is 21.2. The Morgan fingerprint density at radius 2 is 1.80 bits per heavy atom. The molecule has 3 atom stereocenters. The first-order valence-corrected chi connectivity index (χ1v) is 13.9. The van der Waals surface area contributed by atoms with Crippen LogP contribution in [0.15, 0.2) is 91.1 Å². The quantitative estimate of drug-likeness (QED) is 0.239. The second-order valence-electron chi connectivity index (χ2n) is 9.59. The normalized spacial score (nSPS) is 18.8. The van der Waals surface area contributed by atoms with Gasteiger partial charge in [-0.25, -0.2) is 13.9 Å². The van der Waals surface area contributed by atoms with Crippen LogP contribution in [0.3, 0.4) is 0 Å². The van der Waals surface area contributed by atoms with Crippen LogP contribution < -0.4 is 10.2 Å². The van der Waals surface area contributed by atoms with E-state index in [4.69, 9.17) is 16.3 Å². The summed E-state index contributed by atoms with van der Waals surface area (Å²) in [5.41, 5.74) is 3.06. The lowest BCUT2D eigenvalue weighted by Crippen LogP contribution is -2.42. The first kappa shape index (κ1) is 26.0. The van der Waals surface area contributed by atoms with Crippen LogP contribution in [0.1, 0.15) is 23.4 Å². The third-order valence-corrected chi connectivity index (χ3v) is 8.37. The summed E-state index contributed by atoms with van der Waals surface area (Å²) in [6.07, 6.45) is 1.11. The Labute approximate surface area is 238 Å². The number of amides is 2. The summed E-state index contributed by atoms with van der Waals surface area (Å²) in [6.45, 7) is 1.92. The number of nitrogens with zero attached hydrogens (tertiary/aromatic N) is 3. The van der Waals surface area contributed by atoms with Gasteiger partial charge in [0.2, 0.25) is 5.91 Å². The number of ether oxygens (including phenoxy) is 1. The van der Waals surface area contributed by atoms with Crippen LogP contribution >= 0.6 is 22.9 Å². The molecule has 0 saturated carbocycles. The van der Waals surface area contributed by atoms with E-state index in [1.54, 1.807) is 40.9 Å². The van der Waals surface area contributed by atoms with Gasteiger partial charge < -0.3 is 15.0 Å². The number of carbonyl (C=O) groups excluding carboxylic acids is 2. The summed E-state index contributed by atoms with van der Waals surface area (Å²) in [5.74, 6) is -0.975. The molecule has 2 aromatic heterocycles. The van der Waals surface area contributed by atoms with Crippen LogP contribution in [-0.2, 0) is 16.1 Å². The second-order valence-corrected chi connectivity index (χ2v) is 11.3. The van der Waals surface area contributed by atoms with E-state index in [1.165, 1.54) is 23.5 Å². The number of carbonyl (C=O) groups is 2. The van der Waals surface area contributed by atoms with Crippen LogP contribution in [0.5, 0.6) is 0 Å². The van der Waals surface area contributed by atoms with E-state index in [0.717, 1.165) is 27.0 Å². The van der Waals surface area contributed by atoms with E-state index in [-0.39, 0.29) is 18.3 Å². The molecule has 1 aliphatic heterocycles. The van der Waals surface area contributed by atoms with E-state index in [0.29, 0.717) is 10.0 Å². The molecule has 0 spiro atoms. The largest absolute Gasteiger partial charge is 0.445 e. The smallest absolute Gasteiger partial charge is 0.407 e. The molecule has 2 amide bonds. The third-order valence-electron chi connectivity index (χ3n) is 7.07. The molecule has 5 aromatic rings. The minimum absolute atomic E-state index is 0.121. The van der Waals surface area contributed by atoms with Crippen LogP contribution in [0.2, 0.25) is 4.34 Å². The van der Waals surface area contributed by atoms with Crippen LogP contribution in [0.25, 0.3) is 16.6 Å². The number of hydrogen-bond donors (Lipinski definition) is 1. The number of fused-ring (bicyclic) bond motifs is 1. The monoisotopic (exact) mass is 574 g/mol. The van der Waals surface area contributed by atoms with E-state index in [9.17, 15) is 14.0 Å². The summed E-state index contributed by atoms with van der Waals surface area (Å²) in [7, 11) is 0. The molecule has 3 aromatic carbocycles. The van der Waals surface area contributed by atoms with Crippen molar-refractivity contribution in [2.24, 2.45) is 5.92 Å². The van der Waals surface area contributed by atoms with E-state index in [2.05, 4.69) is 10.4 Å². The molecule has 1 saturated heterocycles. The molecule has 1 N–H and O–H groups in total. The van der Waals surface area contributed by atoms with Gasteiger partial charge in [0.05, 0.1) is 39.7 Å². The number of nitrogens with one attached hydrogen (secondary N) is 1. The van der Waals surface area contributed by atoms with Crippen molar-refractivity contribution in [3.63, 3.8) is 0 Å². The van der Waals surface area contributed by atoms with Gasteiger partial charge in [0.1, 0.15) is 12.4 Å².